The van der Waals surface area contributed by atoms with Crippen molar-refractivity contribution in [2.24, 2.45) is 12.8 Å². The highest BCUT2D eigenvalue weighted by Gasteiger charge is 2.15. The molecule has 0 aromatic carbocycles. The Bertz CT molecular complexity index is 355. The molecular weight excluding hydrogens is 180 g/mol. The molecule has 4 heteroatoms. The molecule has 1 aromatic rings. The first-order valence-electron chi connectivity index (χ1n) is 4.53. The van der Waals surface area contributed by atoms with E-state index in [0.29, 0.717) is 6.42 Å². The molecule has 14 heavy (non-hydrogen) atoms. The lowest BCUT2D eigenvalue weighted by Crippen LogP contribution is -2.32. The molecule has 0 aliphatic rings. The van der Waals surface area contributed by atoms with Crippen LogP contribution in [0.3, 0.4) is 0 Å². The molecule has 4 nitrogen and oxygen atoms in total. The van der Waals surface area contributed by atoms with E-state index in [4.69, 9.17) is 10.8 Å². The topological polar surface area (TPSA) is 68.2 Å². The molecule has 1 rings (SSSR count). The summed E-state index contributed by atoms with van der Waals surface area (Å²) in [5.41, 5.74) is 8.68. The third-order valence-electron chi connectivity index (χ3n) is 2.64. The Morgan fingerprint density at radius 1 is 1.64 bits per heavy atom. The molecule has 1 atom stereocenters. The van der Waals surface area contributed by atoms with Crippen molar-refractivity contribution >= 4 is 5.97 Å². The summed E-state index contributed by atoms with van der Waals surface area (Å²) in [6.45, 7) is 3.96. The maximum Gasteiger partial charge on any atom is 0.320 e. The zero-order valence-corrected chi connectivity index (χ0v) is 8.74. The van der Waals surface area contributed by atoms with Gasteiger partial charge in [0.1, 0.15) is 6.04 Å². The molecule has 78 valence electrons. The SMILES string of the molecule is Cc1cc(CC(N)C(=O)O)c(C)n1C. The summed E-state index contributed by atoms with van der Waals surface area (Å²) in [5.74, 6) is -0.953. The van der Waals surface area contributed by atoms with Crippen LogP contribution in [0.4, 0.5) is 0 Å². The first-order valence-corrected chi connectivity index (χ1v) is 4.53. The minimum Gasteiger partial charge on any atom is -0.480 e. The van der Waals surface area contributed by atoms with Crippen LogP contribution in [0, 0.1) is 13.8 Å². The summed E-state index contributed by atoms with van der Waals surface area (Å²) in [5, 5.41) is 8.68. The molecule has 1 heterocycles. The van der Waals surface area contributed by atoms with Crippen LogP contribution < -0.4 is 5.73 Å². The van der Waals surface area contributed by atoms with Gasteiger partial charge in [0.05, 0.1) is 0 Å². The number of aromatic nitrogens is 1. The van der Waals surface area contributed by atoms with Gasteiger partial charge in [-0.05, 0) is 31.9 Å². The molecule has 0 saturated carbocycles. The fraction of sp³-hybridized carbons (Fsp3) is 0.500. The van der Waals surface area contributed by atoms with Gasteiger partial charge in [-0.15, -0.1) is 0 Å². The van der Waals surface area contributed by atoms with Gasteiger partial charge in [0.25, 0.3) is 0 Å². The average molecular weight is 196 g/mol. The number of carboxylic acids is 1. The number of aliphatic carboxylic acids is 1. The molecule has 3 N–H and O–H groups in total. The lowest BCUT2D eigenvalue weighted by Gasteiger charge is -2.06. The normalized spacial score (nSPS) is 12.9. The van der Waals surface area contributed by atoms with Gasteiger partial charge in [0.15, 0.2) is 0 Å². The Hall–Kier alpha value is -1.29. The number of carbonyl (C=O) groups is 1. The van der Waals surface area contributed by atoms with E-state index in [1.165, 1.54) is 0 Å². The van der Waals surface area contributed by atoms with E-state index in [-0.39, 0.29) is 0 Å². The number of nitrogens with two attached hydrogens (primary N) is 1. The van der Waals surface area contributed by atoms with Gasteiger partial charge in [-0.1, -0.05) is 0 Å². The van der Waals surface area contributed by atoms with Crippen molar-refractivity contribution in [1.82, 2.24) is 4.57 Å². The Balaban J connectivity index is 2.87. The first kappa shape index (κ1) is 10.8. The van der Waals surface area contributed by atoms with Crippen molar-refractivity contribution in [3.8, 4) is 0 Å². The molecule has 0 fully saturated rings. The lowest BCUT2D eigenvalue weighted by atomic mass is 10.1. The van der Waals surface area contributed by atoms with Crippen LogP contribution in [0.1, 0.15) is 17.0 Å². The van der Waals surface area contributed by atoms with Gasteiger partial charge in [-0.2, -0.15) is 0 Å². The van der Waals surface area contributed by atoms with E-state index >= 15 is 0 Å². The molecule has 0 saturated heterocycles. The summed E-state index contributed by atoms with van der Waals surface area (Å²) in [6, 6.07) is 1.17. The number of aryl methyl sites for hydroxylation is 1. The molecule has 0 bridgehead atoms. The van der Waals surface area contributed by atoms with Gasteiger partial charge in [-0.25, -0.2) is 0 Å². The van der Waals surface area contributed by atoms with Crippen LogP contribution in [0.15, 0.2) is 6.07 Å². The predicted octanol–water partition coefficient (Wildman–Crippen LogP) is 0.596. The Morgan fingerprint density at radius 3 is 2.57 bits per heavy atom. The second kappa shape index (κ2) is 3.84. The Kier molecular flexibility index (Phi) is 2.96. The predicted molar refractivity (Wildman–Crippen MR) is 54.2 cm³/mol. The number of hydrogen-bond donors (Lipinski definition) is 2. The van der Waals surface area contributed by atoms with Crippen molar-refractivity contribution in [3.63, 3.8) is 0 Å². The summed E-state index contributed by atoms with van der Waals surface area (Å²) < 4.78 is 2.03. The van der Waals surface area contributed by atoms with Crippen LogP contribution in [0.25, 0.3) is 0 Å². The monoisotopic (exact) mass is 196 g/mol. The Morgan fingerprint density at radius 2 is 2.21 bits per heavy atom. The summed E-state index contributed by atoms with van der Waals surface area (Å²) in [6.07, 6.45) is 0.392. The minimum atomic E-state index is -0.953. The number of rotatable bonds is 3. The van der Waals surface area contributed by atoms with E-state index < -0.39 is 12.0 Å². The van der Waals surface area contributed by atoms with Gasteiger partial charge in [-0.3, -0.25) is 4.79 Å². The van der Waals surface area contributed by atoms with Crippen LogP contribution >= 0.6 is 0 Å². The smallest absolute Gasteiger partial charge is 0.320 e. The number of hydrogen-bond acceptors (Lipinski definition) is 2. The maximum atomic E-state index is 10.6. The average Bonchev–Trinajstić information content (AvgIpc) is 2.33. The zero-order chi connectivity index (χ0) is 10.9. The summed E-state index contributed by atoms with van der Waals surface area (Å²) in [7, 11) is 1.96. The molecule has 0 radical (unpaired) electrons. The number of nitrogens with zero attached hydrogens (tertiary/aromatic N) is 1. The van der Waals surface area contributed by atoms with Gasteiger partial charge >= 0.3 is 5.97 Å². The fourth-order valence-corrected chi connectivity index (χ4v) is 1.46. The largest absolute Gasteiger partial charge is 0.480 e. The molecule has 1 aromatic heterocycles. The minimum absolute atomic E-state index is 0.392. The lowest BCUT2D eigenvalue weighted by molar-refractivity contribution is -0.138. The second-order valence-corrected chi connectivity index (χ2v) is 3.60. The highest BCUT2D eigenvalue weighted by atomic mass is 16.4. The summed E-state index contributed by atoms with van der Waals surface area (Å²) >= 11 is 0. The molecular formula is C10H16N2O2. The van der Waals surface area contributed by atoms with E-state index in [2.05, 4.69) is 0 Å². The van der Waals surface area contributed by atoms with Crippen molar-refractivity contribution in [1.29, 1.82) is 0 Å². The van der Waals surface area contributed by atoms with Crippen LogP contribution in [0.2, 0.25) is 0 Å². The van der Waals surface area contributed by atoms with Gasteiger partial charge in [0, 0.05) is 18.4 Å². The van der Waals surface area contributed by atoms with Crippen LogP contribution in [-0.2, 0) is 18.3 Å². The standard InChI is InChI=1S/C10H16N2O2/c1-6-4-8(7(2)12(6)3)5-9(11)10(13)14/h4,9H,5,11H2,1-3H3,(H,13,14). The third kappa shape index (κ3) is 1.96. The zero-order valence-electron chi connectivity index (χ0n) is 8.74. The molecule has 0 amide bonds. The van der Waals surface area contributed by atoms with Crippen molar-refractivity contribution in [2.75, 3.05) is 0 Å². The van der Waals surface area contributed by atoms with E-state index in [0.717, 1.165) is 17.0 Å². The molecule has 1 unspecified atom stereocenters. The van der Waals surface area contributed by atoms with E-state index in [1.807, 2.05) is 31.5 Å². The second-order valence-electron chi connectivity index (χ2n) is 3.60. The van der Waals surface area contributed by atoms with Gasteiger partial charge < -0.3 is 15.4 Å². The molecule has 0 aliphatic heterocycles. The van der Waals surface area contributed by atoms with E-state index in [1.54, 1.807) is 0 Å². The third-order valence-corrected chi connectivity index (χ3v) is 2.64. The number of carboxylic acid groups (broad SMARTS) is 1. The molecule has 0 spiro atoms. The summed E-state index contributed by atoms with van der Waals surface area (Å²) in [4.78, 5) is 10.6. The molecule has 0 aliphatic carbocycles. The van der Waals surface area contributed by atoms with Crippen molar-refractivity contribution < 1.29 is 9.90 Å². The van der Waals surface area contributed by atoms with Crippen LogP contribution in [-0.4, -0.2) is 21.7 Å². The highest BCUT2D eigenvalue weighted by molar-refractivity contribution is 5.73. The van der Waals surface area contributed by atoms with Crippen molar-refractivity contribution in [3.05, 3.63) is 23.0 Å². The fourth-order valence-electron chi connectivity index (χ4n) is 1.46. The quantitative estimate of drug-likeness (QED) is 0.743. The van der Waals surface area contributed by atoms with Crippen LogP contribution in [0.5, 0.6) is 0 Å². The Labute approximate surface area is 83.3 Å². The first-order chi connectivity index (χ1) is 6.43. The van der Waals surface area contributed by atoms with E-state index in [9.17, 15) is 4.79 Å². The van der Waals surface area contributed by atoms with Gasteiger partial charge in [0.2, 0.25) is 0 Å². The highest BCUT2D eigenvalue weighted by Crippen LogP contribution is 2.14. The maximum absolute atomic E-state index is 10.6. The van der Waals surface area contributed by atoms with Crippen molar-refractivity contribution in [2.45, 2.75) is 26.3 Å².